The fourth-order valence-corrected chi connectivity index (χ4v) is 3.63. The van der Waals surface area contributed by atoms with Crippen LogP contribution in [-0.2, 0) is 11.3 Å². The lowest BCUT2D eigenvalue weighted by Gasteiger charge is -2.26. The first-order valence-corrected chi connectivity index (χ1v) is 10.6. The van der Waals surface area contributed by atoms with Crippen molar-refractivity contribution in [3.63, 3.8) is 0 Å². The molecule has 0 bridgehead atoms. The Bertz CT molecular complexity index is 1360. The van der Waals surface area contributed by atoms with E-state index in [0.717, 1.165) is 5.56 Å². The van der Waals surface area contributed by atoms with Crippen molar-refractivity contribution in [2.75, 3.05) is 12.4 Å². The van der Waals surface area contributed by atoms with Crippen molar-refractivity contribution in [1.82, 2.24) is 14.5 Å². The monoisotopic (exact) mass is 440 g/mol. The fourth-order valence-electron chi connectivity index (χ4n) is 3.63. The van der Waals surface area contributed by atoms with Gasteiger partial charge in [0.15, 0.2) is 0 Å². The van der Waals surface area contributed by atoms with Gasteiger partial charge < -0.3 is 10.2 Å². The molecule has 0 spiro atoms. The van der Waals surface area contributed by atoms with Gasteiger partial charge in [-0.3, -0.25) is 19.0 Å². The third-order valence-electron chi connectivity index (χ3n) is 5.68. The molecule has 0 aliphatic carbocycles. The molecule has 0 aliphatic rings. The third kappa shape index (κ3) is 4.82. The number of carbonyl (C=O) groups is 2. The van der Waals surface area contributed by atoms with Gasteiger partial charge in [-0.25, -0.2) is 4.98 Å². The van der Waals surface area contributed by atoms with Gasteiger partial charge in [0.05, 0.1) is 23.3 Å². The van der Waals surface area contributed by atoms with Crippen LogP contribution in [0.5, 0.6) is 0 Å². The Labute approximate surface area is 191 Å². The van der Waals surface area contributed by atoms with Gasteiger partial charge in [-0.15, -0.1) is 0 Å². The number of nitrogens with one attached hydrogen (secondary N) is 1. The van der Waals surface area contributed by atoms with Crippen LogP contribution >= 0.6 is 0 Å². The van der Waals surface area contributed by atoms with Crippen LogP contribution < -0.4 is 10.9 Å². The first-order chi connectivity index (χ1) is 15.9. The number of amides is 2. The van der Waals surface area contributed by atoms with Gasteiger partial charge in [-0.1, -0.05) is 42.5 Å². The van der Waals surface area contributed by atoms with E-state index < -0.39 is 0 Å². The molecular weight excluding hydrogens is 416 g/mol. The van der Waals surface area contributed by atoms with Crippen LogP contribution in [-0.4, -0.2) is 33.3 Å². The predicted octanol–water partition coefficient (Wildman–Crippen LogP) is 3.87. The van der Waals surface area contributed by atoms with E-state index in [1.807, 2.05) is 61.5 Å². The Balaban J connectivity index is 1.50. The molecule has 1 N–H and O–H groups in total. The molecule has 166 valence electrons. The summed E-state index contributed by atoms with van der Waals surface area (Å²) in [4.78, 5) is 43.6. The zero-order chi connectivity index (χ0) is 23.4. The number of hydrogen-bond acceptors (Lipinski definition) is 4. The molecule has 4 rings (SSSR count). The Morgan fingerprint density at radius 2 is 1.73 bits per heavy atom. The van der Waals surface area contributed by atoms with Gasteiger partial charge in [-0.2, -0.15) is 0 Å². The number of likely N-dealkylation sites (N-methyl/N-ethyl adjacent to an activating group) is 1. The molecule has 0 fully saturated rings. The van der Waals surface area contributed by atoms with Gasteiger partial charge in [0, 0.05) is 18.3 Å². The van der Waals surface area contributed by atoms with E-state index >= 15 is 0 Å². The highest BCUT2D eigenvalue weighted by Gasteiger charge is 2.19. The summed E-state index contributed by atoms with van der Waals surface area (Å²) >= 11 is 0. The molecule has 4 aromatic rings. The number of carbonyl (C=O) groups excluding carboxylic acids is 2. The lowest BCUT2D eigenvalue weighted by molar-refractivity contribution is -0.132. The topological polar surface area (TPSA) is 84.3 Å². The predicted molar refractivity (Wildman–Crippen MR) is 128 cm³/mol. The second-order valence-corrected chi connectivity index (χ2v) is 7.80. The van der Waals surface area contributed by atoms with Crippen molar-refractivity contribution in [3.8, 4) is 0 Å². The summed E-state index contributed by atoms with van der Waals surface area (Å²) in [5, 5.41) is 2.89. The van der Waals surface area contributed by atoms with Crippen molar-refractivity contribution in [1.29, 1.82) is 0 Å². The van der Waals surface area contributed by atoms with Crippen molar-refractivity contribution in [2.45, 2.75) is 19.5 Å². The van der Waals surface area contributed by atoms with Crippen LogP contribution in [0.25, 0.3) is 11.0 Å². The fraction of sp³-hybridized carbons (Fsp3) is 0.154. The summed E-state index contributed by atoms with van der Waals surface area (Å²) in [6.45, 7) is 1.82. The first-order valence-electron chi connectivity index (χ1n) is 10.6. The minimum Gasteiger partial charge on any atom is -0.337 e. The molecule has 0 aliphatic heterocycles. The molecule has 1 unspecified atom stereocenters. The lowest BCUT2D eigenvalue weighted by Crippen LogP contribution is -2.35. The van der Waals surface area contributed by atoms with E-state index in [9.17, 15) is 14.4 Å². The average molecular weight is 441 g/mol. The van der Waals surface area contributed by atoms with Crippen LogP contribution in [0, 0.1) is 0 Å². The minimum atomic E-state index is -0.325. The second kappa shape index (κ2) is 9.48. The van der Waals surface area contributed by atoms with Gasteiger partial charge in [0.25, 0.3) is 11.5 Å². The van der Waals surface area contributed by atoms with Crippen LogP contribution in [0.3, 0.4) is 0 Å². The molecule has 7 heteroatoms. The molecule has 7 nitrogen and oxygen atoms in total. The molecule has 1 aromatic heterocycles. The quantitative estimate of drug-likeness (QED) is 0.493. The second-order valence-electron chi connectivity index (χ2n) is 7.80. The molecule has 0 saturated heterocycles. The summed E-state index contributed by atoms with van der Waals surface area (Å²) in [5.74, 6) is -0.409. The summed E-state index contributed by atoms with van der Waals surface area (Å²) in [6.07, 6.45) is 1.23. The van der Waals surface area contributed by atoms with E-state index in [-0.39, 0.29) is 30.0 Å². The van der Waals surface area contributed by atoms with Crippen LogP contribution in [0.15, 0.2) is 89.9 Å². The first kappa shape index (κ1) is 22.0. The summed E-state index contributed by atoms with van der Waals surface area (Å²) in [7, 11) is 1.71. The zero-order valence-corrected chi connectivity index (χ0v) is 18.4. The number of rotatable bonds is 6. The number of aromatic nitrogens is 2. The van der Waals surface area contributed by atoms with Crippen molar-refractivity contribution >= 4 is 28.5 Å². The highest BCUT2D eigenvalue weighted by molar-refractivity contribution is 6.04. The van der Waals surface area contributed by atoms with Crippen LogP contribution in [0.4, 0.5) is 5.69 Å². The molecule has 2 amide bonds. The van der Waals surface area contributed by atoms with Gasteiger partial charge in [0.2, 0.25) is 5.91 Å². The maximum Gasteiger partial charge on any atom is 0.269 e. The summed E-state index contributed by atoms with van der Waals surface area (Å²) in [6, 6.07) is 23.3. The van der Waals surface area contributed by atoms with Gasteiger partial charge >= 0.3 is 0 Å². The molecule has 1 atom stereocenters. The highest BCUT2D eigenvalue weighted by atomic mass is 16.2. The molecule has 3 aromatic carbocycles. The molecule has 0 saturated carbocycles. The normalized spacial score (nSPS) is 11.7. The summed E-state index contributed by atoms with van der Waals surface area (Å²) < 4.78 is 1.43. The van der Waals surface area contributed by atoms with Gasteiger partial charge in [-0.05, 0) is 48.9 Å². The SMILES string of the molecule is CC(c1cccc(NC(=O)c2ccccc2)c1)N(C)C(=O)Cn1c(=O)cnc2ccccc21. The van der Waals surface area contributed by atoms with E-state index in [4.69, 9.17) is 0 Å². The van der Waals surface area contributed by atoms with E-state index in [1.54, 1.807) is 36.2 Å². The smallest absolute Gasteiger partial charge is 0.269 e. The molecule has 1 heterocycles. The Hall–Kier alpha value is -4.26. The van der Waals surface area contributed by atoms with E-state index in [0.29, 0.717) is 22.3 Å². The Kier molecular flexibility index (Phi) is 6.31. The van der Waals surface area contributed by atoms with Crippen molar-refractivity contribution in [2.24, 2.45) is 0 Å². The zero-order valence-electron chi connectivity index (χ0n) is 18.4. The van der Waals surface area contributed by atoms with Crippen LogP contribution in [0.2, 0.25) is 0 Å². The van der Waals surface area contributed by atoms with Crippen LogP contribution in [0.1, 0.15) is 28.9 Å². The van der Waals surface area contributed by atoms with Gasteiger partial charge in [0.1, 0.15) is 6.54 Å². The third-order valence-corrected chi connectivity index (χ3v) is 5.68. The molecule has 33 heavy (non-hydrogen) atoms. The number of fused-ring (bicyclic) bond motifs is 1. The molecular formula is C26H24N4O3. The lowest BCUT2D eigenvalue weighted by atomic mass is 10.1. The van der Waals surface area contributed by atoms with Crippen molar-refractivity contribution < 1.29 is 9.59 Å². The highest BCUT2D eigenvalue weighted by Crippen LogP contribution is 2.23. The standard InChI is InChI=1S/C26H24N4O3/c1-18(20-11-8-12-21(15-20)28-26(33)19-9-4-3-5-10-19)29(2)25(32)17-30-23-14-7-6-13-22(23)27-16-24(30)31/h3-16,18H,17H2,1-2H3,(H,28,33). The number of benzene rings is 3. The molecule has 0 radical (unpaired) electrons. The number of anilines is 1. The average Bonchev–Trinajstić information content (AvgIpc) is 2.85. The number of nitrogens with zero attached hydrogens (tertiary/aromatic N) is 3. The minimum absolute atomic E-state index is 0.0901. The Morgan fingerprint density at radius 3 is 2.52 bits per heavy atom. The van der Waals surface area contributed by atoms with E-state index in [2.05, 4.69) is 10.3 Å². The maximum absolute atomic E-state index is 13.0. The Morgan fingerprint density at radius 1 is 1.00 bits per heavy atom. The summed E-state index contributed by atoms with van der Waals surface area (Å²) in [5.41, 5.74) is 3.02. The van der Waals surface area contributed by atoms with E-state index in [1.165, 1.54) is 10.8 Å². The maximum atomic E-state index is 13.0. The largest absolute Gasteiger partial charge is 0.337 e. The number of para-hydroxylation sites is 2. The number of hydrogen-bond donors (Lipinski definition) is 1. The van der Waals surface area contributed by atoms with Crippen molar-refractivity contribution in [3.05, 3.63) is 107 Å².